The fraction of sp³-hybridized carbons (Fsp3) is 0.214. The Kier molecular flexibility index (Phi) is 24.7. The van der Waals surface area contributed by atoms with Crippen LogP contribution in [0.2, 0.25) is 0 Å². The third kappa shape index (κ3) is 16.1. The van der Waals surface area contributed by atoms with E-state index in [0.29, 0.717) is 0 Å². The summed E-state index contributed by atoms with van der Waals surface area (Å²) in [6, 6.07) is 42.1. The fourth-order valence-corrected chi connectivity index (χ4v) is 6.28. The van der Waals surface area contributed by atoms with Gasteiger partial charge in [0.2, 0.25) is 0 Å². The molecule has 0 radical (unpaired) electrons. The molecule has 1 aliphatic carbocycles. The smallest absolute Gasteiger partial charge is 0.0991 e. The average molecular weight is 780 g/mol. The molecule has 0 saturated carbocycles. The monoisotopic (exact) mass is 780 g/mol. The Bertz CT molecular complexity index is 2200. The molecule has 5 aromatic carbocycles. The molecule has 3 N–H and O–H groups in total. The van der Waals surface area contributed by atoms with Crippen LogP contribution in [0.4, 0.5) is 0 Å². The highest BCUT2D eigenvalue weighted by Gasteiger charge is 2.15. The van der Waals surface area contributed by atoms with Gasteiger partial charge in [-0.15, -0.1) is 12.8 Å². The van der Waals surface area contributed by atoms with Gasteiger partial charge in [-0.25, -0.2) is 0 Å². The lowest BCUT2D eigenvalue weighted by atomic mass is 9.86. The first-order chi connectivity index (χ1) is 28.7. The fourth-order valence-electron chi connectivity index (χ4n) is 6.28. The van der Waals surface area contributed by atoms with E-state index in [1.54, 1.807) is 0 Å². The first-order valence-corrected chi connectivity index (χ1v) is 20.3. The van der Waals surface area contributed by atoms with Gasteiger partial charge >= 0.3 is 0 Å². The molecule has 3 nitrogen and oxygen atoms in total. The standard InChI is InChI=1S/C34H34.C9H9N.C8H11N.C2H6.C2H2.CH3N/c1-6-28-14-10-15-29(23-28)24(2)21-22-26(4)30-17-11-19-32(27(30)5)34-20-12-18-31-25(3)13-8-7-9-16-33(31)34;1-2-8-3-5-9(7-10)6-4-8;1-7(9)8-5-3-2-4-6-8;3*1-2/h7-15,17-23H,3,6,16H2,1-2,4-5H3;3-6H,2H2,1H3;2-7H,9H2,1H3;1-2H3;1-2H;2H,1H2/b9-7-,13-8-,24-21+,26-22+;;;;;. The lowest BCUT2D eigenvalue weighted by Gasteiger charge is -2.18. The van der Waals surface area contributed by atoms with Crippen molar-refractivity contribution in [1.82, 2.24) is 0 Å². The van der Waals surface area contributed by atoms with Gasteiger partial charge in [-0.05, 0) is 138 Å². The van der Waals surface area contributed by atoms with Crippen molar-refractivity contribution in [2.75, 3.05) is 0 Å². The van der Waals surface area contributed by atoms with Crippen molar-refractivity contribution in [2.24, 2.45) is 5.73 Å². The number of hydrogen-bond acceptors (Lipinski definition) is 3. The van der Waals surface area contributed by atoms with Crippen molar-refractivity contribution >= 4 is 23.4 Å². The molecule has 0 saturated heterocycles. The maximum Gasteiger partial charge on any atom is 0.0991 e. The predicted octanol–water partition coefficient (Wildman–Crippen LogP) is 14.8. The summed E-state index contributed by atoms with van der Waals surface area (Å²) in [6.07, 6.45) is 24.0. The lowest BCUT2D eigenvalue weighted by molar-refractivity contribution is 0.818. The molecule has 0 heterocycles. The van der Waals surface area contributed by atoms with Crippen LogP contribution in [-0.4, -0.2) is 6.72 Å². The third-order valence-corrected chi connectivity index (χ3v) is 9.63. The van der Waals surface area contributed by atoms with E-state index in [-0.39, 0.29) is 6.04 Å². The van der Waals surface area contributed by atoms with Gasteiger partial charge in [0, 0.05) is 6.04 Å². The van der Waals surface area contributed by atoms with E-state index >= 15 is 0 Å². The van der Waals surface area contributed by atoms with Gasteiger partial charge < -0.3 is 11.1 Å². The van der Waals surface area contributed by atoms with E-state index in [1.807, 2.05) is 75.4 Å². The van der Waals surface area contributed by atoms with Crippen LogP contribution in [0.1, 0.15) is 105 Å². The highest BCUT2D eigenvalue weighted by Crippen LogP contribution is 2.36. The zero-order valence-corrected chi connectivity index (χ0v) is 36.7. The van der Waals surface area contributed by atoms with Gasteiger partial charge in [0.25, 0.3) is 0 Å². The number of benzene rings is 5. The summed E-state index contributed by atoms with van der Waals surface area (Å²) >= 11 is 0. The number of fused-ring (bicyclic) bond motifs is 1. The van der Waals surface area contributed by atoms with Crippen LogP contribution in [0.25, 0.3) is 27.8 Å². The molecular weight excluding hydrogens is 715 g/mol. The number of hydrogen-bond donors (Lipinski definition) is 2. The van der Waals surface area contributed by atoms with Crippen molar-refractivity contribution in [3.63, 3.8) is 0 Å². The molecule has 1 unspecified atom stereocenters. The van der Waals surface area contributed by atoms with Crippen molar-refractivity contribution < 1.29 is 0 Å². The summed E-state index contributed by atoms with van der Waals surface area (Å²) in [4.78, 5) is 0. The molecule has 59 heavy (non-hydrogen) atoms. The number of terminal acetylenes is 1. The van der Waals surface area contributed by atoms with Crippen LogP contribution in [-0.2, 0) is 19.3 Å². The van der Waals surface area contributed by atoms with Crippen LogP contribution < -0.4 is 5.73 Å². The minimum atomic E-state index is 0.159. The normalized spacial score (nSPS) is 12.9. The molecule has 0 aromatic heterocycles. The minimum absolute atomic E-state index is 0.159. The van der Waals surface area contributed by atoms with Gasteiger partial charge in [-0.3, -0.25) is 0 Å². The molecule has 3 heteroatoms. The molecule has 304 valence electrons. The van der Waals surface area contributed by atoms with Crippen LogP contribution >= 0.6 is 0 Å². The third-order valence-electron chi connectivity index (χ3n) is 9.63. The summed E-state index contributed by atoms with van der Waals surface area (Å²) in [5.41, 5.74) is 22.9. The van der Waals surface area contributed by atoms with Crippen molar-refractivity contribution in [1.29, 1.82) is 10.7 Å². The maximum atomic E-state index is 8.45. The Morgan fingerprint density at radius 1 is 0.763 bits per heavy atom. The summed E-state index contributed by atoms with van der Waals surface area (Å²) < 4.78 is 0. The predicted molar refractivity (Wildman–Crippen MR) is 261 cm³/mol. The highest BCUT2D eigenvalue weighted by molar-refractivity contribution is 5.84. The Morgan fingerprint density at radius 3 is 1.93 bits per heavy atom. The van der Waals surface area contributed by atoms with Gasteiger partial charge in [0.15, 0.2) is 0 Å². The Balaban J connectivity index is 0.000000565. The molecule has 6 rings (SSSR count). The quantitative estimate of drug-likeness (QED) is 0.0981. The van der Waals surface area contributed by atoms with Crippen molar-refractivity contribution in [2.45, 2.75) is 80.7 Å². The van der Waals surface area contributed by atoms with E-state index < -0.39 is 0 Å². The number of nitrogens with zero attached hydrogens (tertiary/aromatic N) is 1. The zero-order valence-electron chi connectivity index (χ0n) is 36.7. The molecule has 0 fully saturated rings. The largest absolute Gasteiger partial charge is 0.324 e. The van der Waals surface area contributed by atoms with Crippen LogP contribution in [0.15, 0.2) is 158 Å². The van der Waals surface area contributed by atoms with Crippen LogP contribution in [0.3, 0.4) is 0 Å². The van der Waals surface area contributed by atoms with Gasteiger partial charge in [0.1, 0.15) is 0 Å². The van der Waals surface area contributed by atoms with Crippen LogP contribution in [0.5, 0.6) is 0 Å². The number of aryl methyl sites for hydroxylation is 2. The second kappa shape index (κ2) is 28.8. The number of rotatable bonds is 7. The molecule has 0 spiro atoms. The number of nitrogens with one attached hydrogen (secondary N) is 1. The SMILES string of the molecule is C#C.C=C1/C=C\C=C/Cc2c1cccc2-c1cccc(/C(C)=C/C=C(\C)c2cccc(CC)c2)c1C.C=N.CC.CC(N)c1ccccc1.CCc1ccc(C#N)cc1. The second-order valence-corrected chi connectivity index (χ2v) is 13.4. The van der Waals surface area contributed by atoms with Crippen molar-refractivity contribution in [3.8, 4) is 30.0 Å². The molecule has 0 aliphatic heterocycles. The minimum Gasteiger partial charge on any atom is -0.324 e. The second-order valence-electron chi connectivity index (χ2n) is 13.4. The molecule has 5 aromatic rings. The highest BCUT2D eigenvalue weighted by atomic mass is 14.6. The lowest BCUT2D eigenvalue weighted by Crippen LogP contribution is -2.03. The molecule has 0 bridgehead atoms. The summed E-state index contributed by atoms with van der Waals surface area (Å²) in [5.74, 6) is 0. The topological polar surface area (TPSA) is 73.7 Å². The summed E-state index contributed by atoms with van der Waals surface area (Å²) in [6.45, 7) is 23.7. The van der Waals surface area contributed by atoms with Gasteiger partial charge in [-0.2, -0.15) is 5.26 Å². The molecule has 1 aliphatic rings. The first-order valence-electron chi connectivity index (χ1n) is 20.3. The van der Waals surface area contributed by atoms with E-state index in [4.69, 9.17) is 16.4 Å². The Labute approximate surface area is 357 Å². The van der Waals surface area contributed by atoms with Crippen LogP contribution in [0, 0.1) is 36.5 Å². The maximum absolute atomic E-state index is 8.45. The van der Waals surface area contributed by atoms with E-state index in [1.165, 1.54) is 66.8 Å². The number of nitrogens with two attached hydrogens (primary N) is 1. The van der Waals surface area contributed by atoms with E-state index in [0.717, 1.165) is 30.4 Å². The number of nitriles is 1. The molecule has 1 atom stereocenters. The summed E-state index contributed by atoms with van der Waals surface area (Å²) in [5, 5.41) is 14.0. The Morgan fingerprint density at radius 2 is 1.34 bits per heavy atom. The van der Waals surface area contributed by atoms with E-state index in [9.17, 15) is 0 Å². The van der Waals surface area contributed by atoms with Gasteiger partial charge in [-0.1, -0.05) is 174 Å². The Hall–Kier alpha value is -6.52. The zero-order chi connectivity index (χ0) is 44.2. The molecular formula is C56H65N3. The summed E-state index contributed by atoms with van der Waals surface area (Å²) in [7, 11) is 0. The number of allylic oxidation sites excluding steroid dienone is 9. The van der Waals surface area contributed by atoms with E-state index in [2.05, 4.69) is 164 Å². The van der Waals surface area contributed by atoms with Gasteiger partial charge in [0.05, 0.1) is 11.6 Å². The molecule has 0 amide bonds. The van der Waals surface area contributed by atoms with Crippen molar-refractivity contribution in [3.05, 3.63) is 208 Å². The first kappa shape index (κ1) is 50.5. The average Bonchev–Trinajstić information content (AvgIpc) is 3.30.